The first-order valence-corrected chi connectivity index (χ1v) is 9.04. The molecule has 2 N–H and O–H groups in total. The number of pyridine rings is 1. The monoisotopic (exact) mass is 355 g/mol. The second kappa shape index (κ2) is 8.71. The van der Waals surface area contributed by atoms with Crippen LogP contribution in [-0.4, -0.2) is 34.8 Å². The smallest absolute Gasteiger partial charge is 0.123 e. The van der Waals surface area contributed by atoms with E-state index in [9.17, 15) is 5.11 Å². The van der Waals surface area contributed by atoms with E-state index in [4.69, 9.17) is 4.74 Å². The van der Waals surface area contributed by atoms with E-state index in [1.807, 2.05) is 48.7 Å². The van der Waals surface area contributed by atoms with Gasteiger partial charge in [0.1, 0.15) is 17.4 Å². The lowest BCUT2D eigenvalue weighted by atomic mass is 10.1. The van der Waals surface area contributed by atoms with Gasteiger partial charge in [-0.05, 0) is 37.3 Å². The van der Waals surface area contributed by atoms with Gasteiger partial charge in [-0.25, -0.2) is 4.98 Å². The van der Waals surface area contributed by atoms with E-state index in [0.717, 1.165) is 27.6 Å². The van der Waals surface area contributed by atoms with Gasteiger partial charge >= 0.3 is 0 Å². The van der Waals surface area contributed by atoms with Crippen molar-refractivity contribution in [3.8, 4) is 16.3 Å². The number of aliphatic hydroxyl groups excluding tert-OH is 1. The van der Waals surface area contributed by atoms with Gasteiger partial charge in [0.25, 0.3) is 0 Å². The zero-order valence-electron chi connectivity index (χ0n) is 14.1. The number of nitrogens with one attached hydrogen (secondary N) is 1. The second-order valence-corrected chi connectivity index (χ2v) is 6.53. The molecule has 3 rings (SSSR count). The van der Waals surface area contributed by atoms with Crippen LogP contribution in [0.4, 0.5) is 0 Å². The van der Waals surface area contributed by atoms with Crippen molar-refractivity contribution in [1.29, 1.82) is 0 Å². The van der Waals surface area contributed by atoms with Crippen molar-refractivity contribution in [1.82, 2.24) is 15.3 Å². The molecular formula is C19H21N3O2S. The normalized spacial score (nSPS) is 12.1. The van der Waals surface area contributed by atoms with Gasteiger partial charge in [0, 0.05) is 47.7 Å². The van der Waals surface area contributed by atoms with Crippen LogP contribution in [-0.2, 0) is 0 Å². The lowest BCUT2D eigenvalue weighted by Gasteiger charge is -2.12. The van der Waals surface area contributed by atoms with Crippen LogP contribution in [0.5, 0.6) is 5.75 Å². The Labute approximate surface area is 151 Å². The minimum Gasteiger partial charge on any atom is -0.492 e. The Morgan fingerprint density at radius 3 is 2.76 bits per heavy atom. The van der Waals surface area contributed by atoms with Crippen molar-refractivity contribution in [2.24, 2.45) is 0 Å². The third kappa shape index (κ3) is 5.09. The fourth-order valence-electron chi connectivity index (χ4n) is 2.35. The molecule has 0 saturated carbocycles. The molecule has 0 radical (unpaired) electrons. The molecule has 0 amide bonds. The van der Waals surface area contributed by atoms with Crippen LogP contribution in [0.1, 0.15) is 17.4 Å². The van der Waals surface area contributed by atoms with Crippen LogP contribution < -0.4 is 10.1 Å². The summed E-state index contributed by atoms with van der Waals surface area (Å²) < 4.78 is 5.72. The molecule has 130 valence electrons. The zero-order valence-corrected chi connectivity index (χ0v) is 14.9. The number of ether oxygens (including phenoxy) is 1. The van der Waals surface area contributed by atoms with E-state index in [-0.39, 0.29) is 0 Å². The van der Waals surface area contributed by atoms with Gasteiger partial charge in [-0.2, -0.15) is 0 Å². The number of hydrogen-bond acceptors (Lipinski definition) is 6. The molecule has 0 unspecified atom stereocenters. The number of nitrogens with zero attached hydrogens (tertiary/aromatic N) is 2. The highest BCUT2D eigenvalue weighted by atomic mass is 32.1. The quantitative estimate of drug-likeness (QED) is 0.607. The van der Waals surface area contributed by atoms with E-state index in [1.165, 1.54) is 0 Å². The summed E-state index contributed by atoms with van der Waals surface area (Å²) >= 11 is 1.64. The van der Waals surface area contributed by atoms with Gasteiger partial charge in [-0.3, -0.25) is 4.98 Å². The van der Waals surface area contributed by atoms with Gasteiger partial charge in [-0.1, -0.05) is 6.07 Å². The molecule has 1 atom stereocenters. The highest BCUT2D eigenvalue weighted by Crippen LogP contribution is 2.25. The summed E-state index contributed by atoms with van der Waals surface area (Å²) in [5.41, 5.74) is 2.95. The topological polar surface area (TPSA) is 67.3 Å². The van der Waals surface area contributed by atoms with Gasteiger partial charge < -0.3 is 15.2 Å². The van der Waals surface area contributed by atoms with E-state index in [0.29, 0.717) is 19.7 Å². The highest BCUT2D eigenvalue weighted by Gasteiger charge is 2.06. The van der Waals surface area contributed by atoms with Crippen molar-refractivity contribution < 1.29 is 9.84 Å². The van der Waals surface area contributed by atoms with Gasteiger partial charge in [-0.15, -0.1) is 11.3 Å². The van der Waals surface area contributed by atoms with Crippen LogP contribution in [0.2, 0.25) is 0 Å². The molecule has 0 saturated heterocycles. The third-order valence-electron chi connectivity index (χ3n) is 3.67. The molecule has 1 aromatic carbocycles. The molecule has 0 fully saturated rings. The van der Waals surface area contributed by atoms with Gasteiger partial charge in [0.05, 0.1) is 6.10 Å². The molecule has 0 aliphatic rings. The lowest BCUT2D eigenvalue weighted by Crippen LogP contribution is -2.26. The van der Waals surface area contributed by atoms with E-state index >= 15 is 0 Å². The van der Waals surface area contributed by atoms with Crippen LogP contribution in [0.25, 0.3) is 10.6 Å². The van der Waals surface area contributed by atoms with Crippen LogP contribution in [0.15, 0.2) is 54.2 Å². The summed E-state index contributed by atoms with van der Waals surface area (Å²) in [7, 11) is 0. The summed E-state index contributed by atoms with van der Waals surface area (Å²) in [6.45, 7) is 3.66. The largest absolute Gasteiger partial charge is 0.492 e. The third-order valence-corrected chi connectivity index (χ3v) is 4.68. The Balaban J connectivity index is 1.39. The van der Waals surface area contributed by atoms with Crippen molar-refractivity contribution in [2.45, 2.75) is 13.0 Å². The maximum atomic E-state index is 10.0. The maximum Gasteiger partial charge on any atom is 0.123 e. The highest BCUT2D eigenvalue weighted by molar-refractivity contribution is 7.13. The van der Waals surface area contributed by atoms with Crippen LogP contribution >= 0.6 is 11.3 Å². The Morgan fingerprint density at radius 1 is 1.24 bits per heavy atom. The Kier molecular flexibility index (Phi) is 6.11. The first kappa shape index (κ1) is 17.5. The van der Waals surface area contributed by atoms with Crippen LogP contribution in [0.3, 0.4) is 0 Å². The number of aryl methyl sites for hydroxylation is 1. The number of aromatic nitrogens is 2. The number of hydrogen-bond donors (Lipinski definition) is 2. The Morgan fingerprint density at radius 2 is 2.08 bits per heavy atom. The number of rotatable bonds is 8. The molecule has 6 heteroatoms. The first-order chi connectivity index (χ1) is 12.2. The molecule has 2 aromatic heterocycles. The molecule has 3 aromatic rings. The summed E-state index contributed by atoms with van der Waals surface area (Å²) in [6, 6.07) is 11.6. The molecule has 0 aliphatic heterocycles. The first-order valence-electron chi connectivity index (χ1n) is 8.16. The average Bonchev–Trinajstić information content (AvgIpc) is 3.09. The van der Waals surface area contributed by atoms with Crippen molar-refractivity contribution in [3.05, 3.63) is 65.4 Å². The Hall–Kier alpha value is -2.28. The van der Waals surface area contributed by atoms with E-state index in [1.54, 1.807) is 23.7 Å². The Bertz CT molecular complexity index is 775. The summed E-state index contributed by atoms with van der Waals surface area (Å²) in [5, 5.41) is 16.3. The van der Waals surface area contributed by atoms with Gasteiger partial charge in [0.15, 0.2) is 0 Å². The van der Waals surface area contributed by atoms with Crippen molar-refractivity contribution in [3.63, 3.8) is 0 Å². The zero-order chi connectivity index (χ0) is 17.5. The average molecular weight is 355 g/mol. The lowest BCUT2D eigenvalue weighted by molar-refractivity contribution is 0.171. The molecule has 0 aliphatic carbocycles. The molecule has 0 bridgehead atoms. The van der Waals surface area contributed by atoms with E-state index < -0.39 is 6.10 Å². The fraction of sp³-hybridized carbons (Fsp3) is 0.263. The summed E-state index contributed by atoms with van der Waals surface area (Å²) in [5.74, 6) is 0.826. The minimum atomic E-state index is -0.560. The van der Waals surface area contributed by atoms with Crippen molar-refractivity contribution in [2.75, 3.05) is 19.7 Å². The SMILES string of the molecule is Cc1csc(-c2ccc(OCCNC[C@H](O)c3cccnc3)cc2)n1. The summed E-state index contributed by atoms with van der Waals surface area (Å²) in [6.07, 6.45) is 2.81. The van der Waals surface area contributed by atoms with Gasteiger partial charge in [0.2, 0.25) is 0 Å². The predicted octanol–water partition coefficient (Wildman–Crippen LogP) is 3.22. The van der Waals surface area contributed by atoms with Crippen molar-refractivity contribution >= 4 is 11.3 Å². The maximum absolute atomic E-state index is 10.0. The molecular weight excluding hydrogens is 334 g/mol. The van der Waals surface area contributed by atoms with Crippen LogP contribution in [0, 0.1) is 6.92 Å². The predicted molar refractivity (Wildman–Crippen MR) is 99.8 cm³/mol. The number of aliphatic hydroxyl groups is 1. The molecule has 25 heavy (non-hydrogen) atoms. The standard InChI is InChI=1S/C19H21N3O2S/c1-14-13-25-19(22-14)15-4-6-17(7-5-15)24-10-9-21-12-18(23)16-3-2-8-20-11-16/h2-8,11,13,18,21,23H,9-10,12H2,1H3/t18-/m0/s1. The molecule has 0 spiro atoms. The molecule has 5 nitrogen and oxygen atoms in total. The molecule has 2 heterocycles. The second-order valence-electron chi connectivity index (χ2n) is 5.67. The number of thiazole rings is 1. The minimum absolute atomic E-state index is 0.470. The fourth-order valence-corrected chi connectivity index (χ4v) is 3.15. The summed E-state index contributed by atoms with van der Waals surface area (Å²) in [4.78, 5) is 8.48. The van der Waals surface area contributed by atoms with E-state index in [2.05, 4.69) is 15.3 Å². The number of benzene rings is 1.